The van der Waals surface area contributed by atoms with Gasteiger partial charge in [0, 0.05) is 19.2 Å². The minimum atomic E-state index is -0.367. The summed E-state index contributed by atoms with van der Waals surface area (Å²) in [7, 11) is 0. The first-order chi connectivity index (χ1) is 10.2. The average Bonchev–Trinajstić information content (AvgIpc) is 2.35. The van der Waals surface area contributed by atoms with Crippen LogP contribution in [-0.4, -0.2) is 21.5 Å². The standard InChI is InChI=1S/C16H18ClN3O2/c1-10(21)19-14-8-11(5-6-18-14)12-7-13(17)20-15(9-12)22-16(2,3)4/h5-9H,1-4H3,(H,18,19,21). The van der Waals surface area contributed by atoms with Crippen molar-refractivity contribution in [1.82, 2.24) is 9.97 Å². The van der Waals surface area contributed by atoms with E-state index in [1.807, 2.05) is 32.9 Å². The van der Waals surface area contributed by atoms with Crippen LogP contribution in [0.4, 0.5) is 5.82 Å². The molecule has 0 atom stereocenters. The summed E-state index contributed by atoms with van der Waals surface area (Å²) in [6.45, 7) is 7.26. The highest BCUT2D eigenvalue weighted by atomic mass is 35.5. The number of ether oxygens (including phenoxy) is 1. The normalized spacial score (nSPS) is 11.1. The molecule has 22 heavy (non-hydrogen) atoms. The lowest BCUT2D eigenvalue weighted by molar-refractivity contribution is -0.114. The second-order valence-electron chi connectivity index (χ2n) is 5.84. The van der Waals surface area contributed by atoms with Gasteiger partial charge in [0.1, 0.15) is 16.6 Å². The molecule has 2 rings (SSSR count). The number of nitrogens with one attached hydrogen (secondary N) is 1. The molecule has 2 aromatic heterocycles. The second kappa shape index (κ2) is 6.32. The lowest BCUT2D eigenvalue weighted by Crippen LogP contribution is -2.23. The number of carbonyl (C=O) groups excluding carboxylic acids is 1. The highest BCUT2D eigenvalue weighted by Crippen LogP contribution is 2.28. The maximum Gasteiger partial charge on any atom is 0.222 e. The van der Waals surface area contributed by atoms with Gasteiger partial charge in [0.25, 0.3) is 0 Å². The van der Waals surface area contributed by atoms with Gasteiger partial charge in [-0.3, -0.25) is 4.79 Å². The molecule has 0 saturated carbocycles. The van der Waals surface area contributed by atoms with Gasteiger partial charge in [0.05, 0.1) is 0 Å². The van der Waals surface area contributed by atoms with E-state index in [0.29, 0.717) is 16.9 Å². The van der Waals surface area contributed by atoms with E-state index in [9.17, 15) is 4.79 Å². The van der Waals surface area contributed by atoms with E-state index in [1.165, 1.54) is 6.92 Å². The third-order valence-electron chi connectivity index (χ3n) is 2.58. The number of rotatable bonds is 3. The second-order valence-corrected chi connectivity index (χ2v) is 6.23. The monoisotopic (exact) mass is 319 g/mol. The number of nitrogens with zero attached hydrogens (tertiary/aromatic N) is 2. The summed E-state index contributed by atoms with van der Waals surface area (Å²) in [5, 5.41) is 2.99. The van der Waals surface area contributed by atoms with Crippen molar-refractivity contribution in [1.29, 1.82) is 0 Å². The van der Waals surface area contributed by atoms with Crippen molar-refractivity contribution in [3.8, 4) is 17.0 Å². The van der Waals surface area contributed by atoms with Crippen LogP contribution in [0, 0.1) is 0 Å². The third-order valence-corrected chi connectivity index (χ3v) is 2.77. The van der Waals surface area contributed by atoms with E-state index in [0.717, 1.165) is 11.1 Å². The van der Waals surface area contributed by atoms with E-state index in [-0.39, 0.29) is 11.5 Å². The van der Waals surface area contributed by atoms with Gasteiger partial charge in [-0.05, 0) is 50.1 Å². The molecule has 0 aliphatic heterocycles. The summed E-state index contributed by atoms with van der Waals surface area (Å²) < 4.78 is 5.76. The van der Waals surface area contributed by atoms with Crippen molar-refractivity contribution in [2.45, 2.75) is 33.3 Å². The van der Waals surface area contributed by atoms with E-state index in [1.54, 1.807) is 18.3 Å². The predicted octanol–water partition coefficient (Wildman–Crippen LogP) is 3.93. The Bertz CT molecular complexity index is 696. The Balaban J connectivity index is 2.38. The Morgan fingerprint density at radius 1 is 1.23 bits per heavy atom. The Hall–Kier alpha value is -2.14. The summed E-state index contributed by atoms with van der Waals surface area (Å²) in [4.78, 5) is 19.4. The summed E-state index contributed by atoms with van der Waals surface area (Å²) in [5.41, 5.74) is 1.34. The number of carbonyl (C=O) groups is 1. The number of pyridine rings is 2. The van der Waals surface area contributed by atoms with Gasteiger partial charge in [-0.1, -0.05) is 11.6 Å². The lowest BCUT2D eigenvalue weighted by atomic mass is 10.1. The molecule has 5 nitrogen and oxygen atoms in total. The minimum Gasteiger partial charge on any atom is -0.472 e. The molecule has 0 aliphatic rings. The highest BCUT2D eigenvalue weighted by Gasteiger charge is 2.14. The van der Waals surface area contributed by atoms with E-state index >= 15 is 0 Å². The van der Waals surface area contributed by atoms with Gasteiger partial charge in [0.15, 0.2) is 0 Å². The van der Waals surface area contributed by atoms with Gasteiger partial charge in [-0.2, -0.15) is 0 Å². The largest absolute Gasteiger partial charge is 0.472 e. The number of hydrogen-bond donors (Lipinski definition) is 1. The van der Waals surface area contributed by atoms with E-state index < -0.39 is 0 Å². The Morgan fingerprint density at radius 3 is 2.59 bits per heavy atom. The molecule has 2 aromatic rings. The topological polar surface area (TPSA) is 64.1 Å². The van der Waals surface area contributed by atoms with Crippen molar-refractivity contribution in [3.05, 3.63) is 35.6 Å². The number of aromatic nitrogens is 2. The molecule has 1 N–H and O–H groups in total. The van der Waals surface area contributed by atoms with Gasteiger partial charge in [0.2, 0.25) is 11.8 Å². The van der Waals surface area contributed by atoms with Crippen LogP contribution >= 0.6 is 11.6 Å². The molecule has 1 amide bonds. The molecule has 0 saturated heterocycles. The number of halogens is 1. The molecule has 0 aliphatic carbocycles. The van der Waals surface area contributed by atoms with Crippen molar-refractivity contribution < 1.29 is 9.53 Å². The fourth-order valence-corrected chi connectivity index (χ4v) is 2.07. The highest BCUT2D eigenvalue weighted by molar-refractivity contribution is 6.29. The van der Waals surface area contributed by atoms with Crippen LogP contribution in [-0.2, 0) is 4.79 Å². The SMILES string of the molecule is CC(=O)Nc1cc(-c2cc(Cl)nc(OC(C)(C)C)c2)ccn1. The molecule has 0 unspecified atom stereocenters. The van der Waals surface area contributed by atoms with Crippen LogP contribution in [0.2, 0.25) is 5.15 Å². The van der Waals surface area contributed by atoms with Crippen LogP contribution < -0.4 is 10.1 Å². The summed E-state index contributed by atoms with van der Waals surface area (Å²) in [6, 6.07) is 7.15. The molecule has 0 fully saturated rings. The van der Waals surface area contributed by atoms with Crippen LogP contribution in [0.15, 0.2) is 30.5 Å². The maximum atomic E-state index is 11.1. The first-order valence-electron chi connectivity index (χ1n) is 6.83. The molecule has 0 radical (unpaired) electrons. The fourth-order valence-electron chi connectivity index (χ4n) is 1.86. The molecular weight excluding hydrogens is 302 g/mol. The average molecular weight is 320 g/mol. The Labute approximate surface area is 134 Å². The van der Waals surface area contributed by atoms with Crippen LogP contribution in [0.25, 0.3) is 11.1 Å². The third kappa shape index (κ3) is 4.70. The van der Waals surface area contributed by atoms with Gasteiger partial charge in [-0.15, -0.1) is 0 Å². The maximum absolute atomic E-state index is 11.1. The molecule has 0 aromatic carbocycles. The smallest absolute Gasteiger partial charge is 0.222 e. The van der Waals surface area contributed by atoms with Gasteiger partial charge < -0.3 is 10.1 Å². The molecule has 2 heterocycles. The quantitative estimate of drug-likeness (QED) is 0.870. The van der Waals surface area contributed by atoms with Crippen LogP contribution in [0.1, 0.15) is 27.7 Å². The number of hydrogen-bond acceptors (Lipinski definition) is 4. The van der Waals surface area contributed by atoms with Crippen LogP contribution in [0.5, 0.6) is 5.88 Å². The predicted molar refractivity (Wildman–Crippen MR) is 87.2 cm³/mol. The molecule has 0 bridgehead atoms. The van der Waals surface area contributed by atoms with E-state index in [4.69, 9.17) is 16.3 Å². The molecule has 6 heteroatoms. The molecular formula is C16H18ClN3O2. The zero-order chi connectivity index (χ0) is 16.3. The van der Waals surface area contributed by atoms with Crippen molar-refractivity contribution >= 4 is 23.3 Å². The van der Waals surface area contributed by atoms with Crippen molar-refractivity contribution in [3.63, 3.8) is 0 Å². The summed E-state index contributed by atoms with van der Waals surface area (Å²) in [6.07, 6.45) is 1.62. The zero-order valence-electron chi connectivity index (χ0n) is 13.0. The van der Waals surface area contributed by atoms with E-state index in [2.05, 4.69) is 15.3 Å². The van der Waals surface area contributed by atoms with Crippen LogP contribution in [0.3, 0.4) is 0 Å². The fraction of sp³-hybridized carbons (Fsp3) is 0.312. The molecule has 116 valence electrons. The lowest BCUT2D eigenvalue weighted by Gasteiger charge is -2.20. The molecule has 0 spiro atoms. The Kier molecular flexibility index (Phi) is 4.66. The van der Waals surface area contributed by atoms with Gasteiger partial charge >= 0.3 is 0 Å². The summed E-state index contributed by atoms with van der Waals surface area (Å²) >= 11 is 6.08. The summed E-state index contributed by atoms with van der Waals surface area (Å²) in [5.74, 6) is 0.762. The number of amides is 1. The van der Waals surface area contributed by atoms with Crippen molar-refractivity contribution in [2.24, 2.45) is 0 Å². The first kappa shape index (κ1) is 16.2. The van der Waals surface area contributed by atoms with Gasteiger partial charge in [-0.25, -0.2) is 9.97 Å². The number of anilines is 1. The zero-order valence-corrected chi connectivity index (χ0v) is 13.7. The van der Waals surface area contributed by atoms with Crippen molar-refractivity contribution in [2.75, 3.05) is 5.32 Å². The Morgan fingerprint density at radius 2 is 1.95 bits per heavy atom. The first-order valence-corrected chi connectivity index (χ1v) is 7.21. The minimum absolute atomic E-state index is 0.172.